The molecule has 1 aliphatic carbocycles. The van der Waals surface area contributed by atoms with Crippen molar-refractivity contribution in [3.8, 4) is 5.88 Å². The predicted octanol–water partition coefficient (Wildman–Crippen LogP) is 2.64. The summed E-state index contributed by atoms with van der Waals surface area (Å²) >= 11 is 3.43. The van der Waals surface area contributed by atoms with E-state index in [9.17, 15) is 0 Å². The number of hydrogen-bond acceptors (Lipinski definition) is 4. The molecular weight excluding hydrogens is 296 g/mol. The second-order valence-electron chi connectivity index (χ2n) is 4.39. The minimum Gasteiger partial charge on any atom is -0.475 e. The van der Waals surface area contributed by atoms with Gasteiger partial charge in [0.25, 0.3) is 0 Å². The Morgan fingerprint density at radius 1 is 1.33 bits per heavy atom. The first-order valence-electron chi connectivity index (χ1n) is 5.99. The van der Waals surface area contributed by atoms with E-state index in [1.54, 1.807) is 0 Å². The molecule has 1 aromatic carbocycles. The molecule has 1 saturated carbocycles. The number of fused-ring (bicyclic) bond motifs is 1. The smallest absolute Gasteiger partial charge is 0.224 e. The van der Waals surface area contributed by atoms with E-state index in [4.69, 9.17) is 9.84 Å². The SMILES string of the molecule is OCCOc1nc(C2CC2)nc2ccc(Br)cc12. The van der Waals surface area contributed by atoms with Crippen molar-refractivity contribution in [2.45, 2.75) is 18.8 Å². The molecule has 3 rings (SSSR count). The van der Waals surface area contributed by atoms with Crippen molar-refractivity contribution in [1.29, 1.82) is 0 Å². The molecular formula is C13H13BrN2O2. The van der Waals surface area contributed by atoms with Crippen LogP contribution in [0.5, 0.6) is 5.88 Å². The molecule has 94 valence electrons. The van der Waals surface area contributed by atoms with Gasteiger partial charge in [0.2, 0.25) is 5.88 Å². The summed E-state index contributed by atoms with van der Waals surface area (Å²) in [6, 6.07) is 5.86. The second-order valence-corrected chi connectivity index (χ2v) is 5.31. The van der Waals surface area contributed by atoms with Gasteiger partial charge < -0.3 is 9.84 Å². The molecule has 18 heavy (non-hydrogen) atoms. The molecule has 1 fully saturated rings. The Balaban J connectivity index is 2.11. The summed E-state index contributed by atoms with van der Waals surface area (Å²) in [6.07, 6.45) is 2.31. The van der Waals surface area contributed by atoms with Crippen LogP contribution >= 0.6 is 15.9 Å². The lowest BCUT2D eigenvalue weighted by molar-refractivity contribution is 0.198. The number of aromatic nitrogens is 2. The first-order valence-corrected chi connectivity index (χ1v) is 6.78. The Kier molecular flexibility index (Phi) is 3.18. The van der Waals surface area contributed by atoms with E-state index in [0.717, 1.165) is 34.0 Å². The zero-order valence-electron chi connectivity index (χ0n) is 9.77. The van der Waals surface area contributed by atoms with Crippen LogP contribution in [-0.4, -0.2) is 28.3 Å². The normalized spacial score (nSPS) is 15.0. The van der Waals surface area contributed by atoms with Crippen molar-refractivity contribution in [1.82, 2.24) is 9.97 Å². The topological polar surface area (TPSA) is 55.2 Å². The molecule has 4 nitrogen and oxygen atoms in total. The molecule has 5 heteroatoms. The first-order chi connectivity index (χ1) is 8.78. The predicted molar refractivity (Wildman–Crippen MR) is 71.8 cm³/mol. The summed E-state index contributed by atoms with van der Waals surface area (Å²) in [7, 11) is 0. The third-order valence-corrected chi connectivity index (χ3v) is 3.41. The number of hydrogen-bond donors (Lipinski definition) is 1. The number of ether oxygens (including phenoxy) is 1. The molecule has 0 amide bonds. The number of benzene rings is 1. The van der Waals surface area contributed by atoms with Crippen LogP contribution in [0, 0.1) is 0 Å². The van der Waals surface area contributed by atoms with Crippen LogP contribution in [-0.2, 0) is 0 Å². The van der Waals surface area contributed by atoms with Gasteiger partial charge in [0.05, 0.1) is 17.5 Å². The summed E-state index contributed by atoms with van der Waals surface area (Å²) in [5.41, 5.74) is 0.892. The average Bonchev–Trinajstić information content (AvgIpc) is 3.20. The van der Waals surface area contributed by atoms with Gasteiger partial charge in [-0.25, -0.2) is 4.98 Å². The van der Waals surface area contributed by atoms with Gasteiger partial charge in [-0.15, -0.1) is 0 Å². The fourth-order valence-electron chi connectivity index (χ4n) is 1.87. The van der Waals surface area contributed by atoms with Crippen molar-refractivity contribution in [3.63, 3.8) is 0 Å². The number of nitrogens with zero attached hydrogens (tertiary/aromatic N) is 2. The van der Waals surface area contributed by atoms with E-state index in [1.165, 1.54) is 0 Å². The van der Waals surface area contributed by atoms with Gasteiger partial charge in [-0.3, -0.25) is 0 Å². The summed E-state index contributed by atoms with van der Waals surface area (Å²) in [5.74, 6) is 1.91. The van der Waals surface area contributed by atoms with E-state index >= 15 is 0 Å². The summed E-state index contributed by atoms with van der Waals surface area (Å²) in [5, 5.41) is 9.74. The summed E-state index contributed by atoms with van der Waals surface area (Å²) in [4.78, 5) is 9.05. The fourth-order valence-corrected chi connectivity index (χ4v) is 2.23. The highest BCUT2D eigenvalue weighted by molar-refractivity contribution is 9.10. The van der Waals surface area contributed by atoms with Crippen molar-refractivity contribution in [3.05, 3.63) is 28.5 Å². The lowest BCUT2D eigenvalue weighted by atomic mass is 10.2. The van der Waals surface area contributed by atoms with Crippen LogP contribution in [0.15, 0.2) is 22.7 Å². The summed E-state index contributed by atoms with van der Waals surface area (Å²) in [6.45, 7) is 0.237. The van der Waals surface area contributed by atoms with E-state index in [2.05, 4.69) is 25.9 Å². The standard InChI is InChI=1S/C13H13BrN2O2/c14-9-3-4-11-10(7-9)13(18-6-5-17)16-12(15-11)8-1-2-8/h3-4,7-8,17H,1-2,5-6H2. The maximum atomic E-state index is 8.87. The third-order valence-electron chi connectivity index (χ3n) is 2.91. The fraction of sp³-hybridized carbons (Fsp3) is 0.385. The number of halogens is 1. The van der Waals surface area contributed by atoms with Gasteiger partial charge in [-0.05, 0) is 31.0 Å². The molecule has 0 saturated heterocycles. The molecule has 1 aliphatic rings. The lowest BCUT2D eigenvalue weighted by Gasteiger charge is -2.09. The van der Waals surface area contributed by atoms with Crippen LogP contribution in [0.25, 0.3) is 10.9 Å². The quantitative estimate of drug-likeness (QED) is 0.943. The largest absolute Gasteiger partial charge is 0.475 e. The number of rotatable bonds is 4. The van der Waals surface area contributed by atoms with Crippen LogP contribution < -0.4 is 4.74 Å². The molecule has 0 bridgehead atoms. The highest BCUT2D eigenvalue weighted by Crippen LogP contribution is 2.40. The lowest BCUT2D eigenvalue weighted by Crippen LogP contribution is -2.06. The van der Waals surface area contributed by atoms with Gasteiger partial charge >= 0.3 is 0 Å². The van der Waals surface area contributed by atoms with Gasteiger partial charge in [0, 0.05) is 10.4 Å². The summed E-state index contributed by atoms with van der Waals surface area (Å²) < 4.78 is 6.48. The minimum absolute atomic E-state index is 0.0156. The molecule has 0 spiro atoms. The molecule has 0 radical (unpaired) electrons. The highest BCUT2D eigenvalue weighted by Gasteiger charge is 2.27. The van der Waals surface area contributed by atoms with Crippen molar-refractivity contribution in [2.75, 3.05) is 13.2 Å². The van der Waals surface area contributed by atoms with Crippen molar-refractivity contribution in [2.24, 2.45) is 0 Å². The van der Waals surface area contributed by atoms with Crippen LogP contribution in [0.3, 0.4) is 0 Å². The zero-order valence-corrected chi connectivity index (χ0v) is 11.4. The Labute approximate surface area is 113 Å². The number of aliphatic hydroxyl groups is 1. The molecule has 1 N–H and O–H groups in total. The molecule has 0 aliphatic heterocycles. The third kappa shape index (κ3) is 2.33. The molecule has 2 aromatic rings. The minimum atomic E-state index is -0.0156. The van der Waals surface area contributed by atoms with E-state index < -0.39 is 0 Å². The molecule has 1 aromatic heterocycles. The first kappa shape index (κ1) is 11.9. The van der Waals surface area contributed by atoms with Crippen molar-refractivity contribution >= 4 is 26.8 Å². The Morgan fingerprint density at radius 2 is 2.17 bits per heavy atom. The Bertz CT molecular complexity index is 584. The Hall–Kier alpha value is -1.20. The molecule has 0 unspecified atom stereocenters. The van der Waals surface area contributed by atoms with E-state index in [-0.39, 0.29) is 13.2 Å². The molecule has 1 heterocycles. The van der Waals surface area contributed by atoms with Crippen LogP contribution in [0.1, 0.15) is 24.6 Å². The van der Waals surface area contributed by atoms with Crippen LogP contribution in [0.2, 0.25) is 0 Å². The zero-order chi connectivity index (χ0) is 12.5. The monoisotopic (exact) mass is 308 g/mol. The number of aliphatic hydroxyl groups excluding tert-OH is 1. The Morgan fingerprint density at radius 3 is 2.89 bits per heavy atom. The van der Waals surface area contributed by atoms with Crippen molar-refractivity contribution < 1.29 is 9.84 Å². The molecule has 0 atom stereocenters. The van der Waals surface area contributed by atoms with E-state index in [0.29, 0.717) is 11.8 Å². The van der Waals surface area contributed by atoms with Gasteiger partial charge in [0.15, 0.2) is 0 Å². The maximum Gasteiger partial charge on any atom is 0.224 e. The van der Waals surface area contributed by atoms with Gasteiger partial charge in [0.1, 0.15) is 12.4 Å². The highest BCUT2D eigenvalue weighted by atomic mass is 79.9. The van der Waals surface area contributed by atoms with Gasteiger partial charge in [-0.1, -0.05) is 15.9 Å². The second kappa shape index (κ2) is 4.82. The van der Waals surface area contributed by atoms with E-state index in [1.807, 2.05) is 18.2 Å². The van der Waals surface area contributed by atoms with Gasteiger partial charge in [-0.2, -0.15) is 4.98 Å². The van der Waals surface area contributed by atoms with Crippen LogP contribution in [0.4, 0.5) is 0 Å². The maximum absolute atomic E-state index is 8.87. The average molecular weight is 309 g/mol.